The fourth-order valence-electron chi connectivity index (χ4n) is 2.74. The third-order valence-corrected chi connectivity index (χ3v) is 5.12. The zero-order chi connectivity index (χ0) is 18.6. The molecule has 1 fully saturated rings. The number of nitrogens with one attached hydrogen (secondary N) is 1. The van der Waals surface area contributed by atoms with Crippen LogP contribution in [-0.4, -0.2) is 44.4 Å². The van der Waals surface area contributed by atoms with Crippen molar-refractivity contribution in [1.82, 2.24) is 5.32 Å². The van der Waals surface area contributed by atoms with Gasteiger partial charge in [0.2, 0.25) is 0 Å². The molecule has 0 atom stereocenters. The van der Waals surface area contributed by atoms with Gasteiger partial charge in [-0.2, -0.15) is 0 Å². The first-order chi connectivity index (χ1) is 12.8. The predicted molar refractivity (Wildman–Crippen MR) is 114 cm³/mol. The molecule has 6 heteroatoms. The molecule has 1 aromatic rings. The van der Waals surface area contributed by atoms with Crippen LogP contribution < -0.4 is 5.32 Å². The summed E-state index contributed by atoms with van der Waals surface area (Å²) in [5.74, 6) is 1.52. The van der Waals surface area contributed by atoms with Crippen LogP contribution >= 0.6 is 11.8 Å². The molecule has 1 aromatic carbocycles. The van der Waals surface area contributed by atoms with Gasteiger partial charge < -0.3 is 10.1 Å². The van der Waals surface area contributed by atoms with Crippen LogP contribution in [0.4, 0.5) is 5.69 Å². The van der Waals surface area contributed by atoms with Crippen molar-refractivity contribution >= 4 is 42.3 Å². The summed E-state index contributed by atoms with van der Waals surface area (Å²) in [5, 5.41) is 3.13. The Morgan fingerprint density at radius 1 is 1.38 bits per heavy atom. The normalized spacial score (nSPS) is 16.2. The summed E-state index contributed by atoms with van der Waals surface area (Å²) in [6.45, 7) is 5.99. The summed E-state index contributed by atoms with van der Waals surface area (Å²) in [4.78, 5) is 13.9. The van der Waals surface area contributed by atoms with Gasteiger partial charge in [-0.15, -0.1) is 11.8 Å². The summed E-state index contributed by atoms with van der Waals surface area (Å²) < 4.78 is 5.91. The van der Waals surface area contributed by atoms with E-state index in [1.165, 1.54) is 12.8 Å². The largest absolute Gasteiger partial charge is 0.370 e. The van der Waals surface area contributed by atoms with Crippen molar-refractivity contribution in [1.29, 1.82) is 0 Å². The number of hydrogen-bond acceptors (Lipinski definition) is 5. The highest BCUT2D eigenvalue weighted by Gasteiger charge is 2.15. The van der Waals surface area contributed by atoms with Gasteiger partial charge in [0.15, 0.2) is 5.84 Å². The third kappa shape index (κ3) is 6.86. The molecule has 0 aromatic heterocycles. The van der Waals surface area contributed by atoms with E-state index in [9.17, 15) is 0 Å². The Morgan fingerprint density at radius 3 is 2.88 bits per heavy atom. The van der Waals surface area contributed by atoms with Gasteiger partial charge in [-0.05, 0) is 57.3 Å². The van der Waals surface area contributed by atoms with Crippen molar-refractivity contribution < 1.29 is 4.74 Å². The topological polar surface area (TPSA) is 58.3 Å². The first-order valence-electron chi connectivity index (χ1n) is 8.98. The van der Waals surface area contributed by atoms with Crippen LogP contribution in [0.1, 0.15) is 38.2 Å². The van der Waals surface area contributed by atoms with E-state index in [4.69, 9.17) is 4.74 Å². The maximum Gasteiger partial charge on any atom is 0.153 e. The summed E-state index contributed by atoms with van der Waals surface area (Å²) in [5.41, 5.74) is 1.96. The molecular formula is C20H28N4OS. The Kier molecular flexibility index (Phi) is 9.31. The summed E-state index contributed by atoms with van der Waals surface area (Å²) in [6, 6.07) is 6.08. The number of thioether (sulfide) groups is 1. The summed E-state index contributed by atoms with van der Waals surface area (Å²) in [6.07, 6.45) is 10.7. The van der Waals surface area contributed by atoms with Crippen molar-refractivity contribution in [2.75, 3.05) is 19.5 Å². The lowest BCUT2D eigenvalue weighted by Gasteiger charge is -2.10. The van der Waals surface area contributed by atoms with Gasteiger partial charge in [0.25, 0.3) is 0 Å². The van der Waals surface area contributed by atoms with Crippen LogP contribution in [0.25, 0.3) is 6.08 Å². The minimum Gasteiger partial charge on any atom is -0.370 e. The van der Waals surface area contributed by atoms with E-state index in [1.54, 1.807) is 24.2 Å². The maximum atomic E-state index is 5.91. The van der Waals surface area contributed by atoms with Crippen LogP contribution in [0.5, 0.6) is 0 Å². The first kappa shape index (κ1) is 20.6. The molecule has 0 saturated heterocycles. The van der Waals surface area contributed by atoms with Crippen molar-refractivity contribution in [2.24, 2.45) is 15.0 Å². The van der Waals surface area contributed by atoms with Crippen molar-refractivity contribution in [3.8, 4) is 0 Å². The number of hydrogen-bond donors (Lipinski definition) is 1. The fourth-order valence-corrected chi connectivity index (χ4v) is 3.54. The third-order valence-electron chi connectivity index (χ3n) is 4.05. The van der Waals surface area contributed by atoms with E-state index in [0.29, 0.717) is 18.5 Å². The lowest BCUT2D eigenvalue weighted by Crippen LogP contribution is -2.14. The van der Waals surface area contributed by atoms with Gasteiger partial charge in [-0.1, -0.05) is 18.9 Å². The van der Waals surface area contributed by atoms with Crippen LogP contribution in [0.3, 0.4) is 0 Å². The molecule has 0 aliphatic heterocycles. The molecule has 0 radical (unpaired) electrons. The lowest BCUT2D eigenvalue weighted by atomic mass is 10.2. The fraction of sp³-hybridized carbons (Fsp3) is 0.450. The number of aliphatic imine (C=N–C) groups is 3. The molecule has 0 amide bonds. The zero-order valence-electron chi connectivity index (χ0n) is 15.6. The van der Waals surface area contributed by atoms with Crippen molar-refractivity contribution in [3.05, 3.63) is 30.0 Å². The van der Waals surface area contributed by atoms with Crippen molar-refractivity contribution in [3.63, 3.8) is 0 Å². The zero-order valence-corrected chi connectivity index (χ0v) is 16.5. The Hall–Kier alpha value is -1.76. The number of rotatable bonds is 9. The molecule has 0 unspecified atom stereocenters. The number of amidine groups is 1. The molecule has 1 aliphatic carbocycles. The highest BCUT2D eigenvalue weighted by Crippen LogP contribution is 2.30. The van der Waals surface area contributed by atoms with E-state index in [0.717, 1.165) is 34.9 Å². The monoisotopic (exact) mass is 372 g/mol. The minimum atomic E-state index is 0.363. The number of ether oxygens (including phenoxy) is 1. The van der Waals surface area contributed by atoms with Gasteiger partial charge in [0, 0.05) is 23.2 Å². The van der Waals surface area contributed by atoms with Crippen LogP contribution in [0.2, 0.25) is 0 Å². The Labute approximate surface area is 160 Å². The van der Waals surface area contributed by atoms with Gasteiger partial charge in [0.1, 0.15) is 6.61 Å². The van der Waals surface area contributed by atoms with Crippen molar-refractivity contribution in [2.45, 2.75) is 43.6 Å². The van der Waals surface area contributed by atoms with E-state index >= 15 is 0 Å². The van der Waals surface area contributed by atoms with Gasteiger partial charge >= 0.3 is 0 Å². The van der Waals surface area contributed by atoms with Gasteiger partial charge in [0.05, 0.1) is 11.8 Å². The van der Waals surface area contributed by atoms with E-state index < -0.39 is 0 Å². The molecule has 0 spiro atoms. The summed E-state index contributed by atoms with van der Waals surface area (Å²) in [7, 11) is 1.93. The molecule has 1 saturated carbocycles. The second-order valence-electron chi connectivity index (χ2n) is 5.99. The quantitative estimate of drug-likeness (QED) is 0.296. The second-order valence-corrected chi connectivity index (χ2v) is 7.01. The average molecular weight is 373 g/mol. The highest BCUT2D eigenvalue weighted by molar-refractivity contribution is 7.99. The molecule has 0 bridgehead atoms. The standard InChI is InChI=1S/C20H28N4OS/c1-4-23-20(14-25-17-7-5-6-8-17)24-12-11-16-9-10-18(22-3)19(13-16)26-15-21-2/h4,9-13,17,21H,3,5-8,14-15H2,1-2H3/b12-11+,23-4-,24-20-. The van der Waals surface area contributed by atoms with Crippen LogP contribution in [0.15, 0.2) is 44.3 Å². The second kappa shape index (κ2) is 11.8. The maximum absolute atomic E-state index is 5.91. The smallest absolute Gasteiger partial charge is 0.153 e. The number of benzene rings is 1. The van der Waals surface area contributed by atoms with Crippen LogP contribution in [-0.2, 0) is 4.74 Å². The predicted octanol–water partition coefficient (Wildman–Crippen LogP) is 4.71. The molecular weight excluding hydrogens is 344 g/mol. The highest BCUT2D eigenvalue weighted by atomic mass is 32.2. The molecule has 1 N–H and O–H groups in total. The molecule has 5 nitrogen and oxygen atoms in total. The SMILES string of the molecule is C=Nc1ccc(/C=C/N=C(COC2CCCC2)\N=C/C)cc1SCNC. The molecule has 0 heterocycles. The molecule has 26 heavy (non-hydrogen) atoms. The van der Waals surface area contributed by atoms with Gasteiger partial charge in [-0.25, -0.2) is 9.98 Å². The Balaban J connectivity index is 2.02. The van der Waals surface area contributed by atoms with Crippen LogP contribution in [0, 0.1) is 0 Å². The van der Waals surface area contributed by atoms with E-state index in [2.05, 4.69) is 33.1 Å². The Morgan fingerprint density at radius 2 is 2.19 bits per heavy atom. The molecule has 1 aliphatic rings. The van der Waals surface area contributed by atoms with Gasteiger partial charge in [-0.3, -0.25) is 4.99 Å². The summed E-state index contributed by atoms with van der Waals surface area (Å²) >= 11 is 1.70. The van der Waals surface area contributed by atoms with E-state index in [1.807, 2.05) is 32.2 Å². The number of nitrogens with zero attached hydrogens (tertiary/aromatic N) is 3. The molecule has 140 valence electrons. The van der Waals surface area contributed by atoms with E-state index in [-0.39, 0.29) is 0 Å². The Bertz CT molecular complexity index is 664. The lowest BCUT2D eigenvalue weighted by molar-refractivity contribution is 0.0871. The first-order valence-corrected chi connectivity index (χ1v) is 9.97. The average Bonchev–Trinajstić information content (AvgIpc) is 3.18. The minimum absolute atomic E-state index is 0.363. The molecule has 2 rings (SSSR count).